The van der Waals surface area contributed by atoms with Crippen molar-refractivity contribution in [3.63, 3.8) is 0 Å². The van der Waals surface area contributed by atoms with E-state index >= 15 is 0 Å². The average Bonchev–Trinajstić information content (AvgIpc) is 2.92. The normalized spacial score (nSPS) is 14.7. The van der Waals surface area contributed by atoms with Gasteiger partial charge in [0, 0.05) is 18.5 Å². The minimum atomic E-state index is -0.678. The third-order valence-corrected chi connectivity index (χ3v) is 4.22. The standard InChI is InChI=1S/C18H24N4O4.ClH/c1-11(2)17(19)18(26)20-9-14(23)21-13-6-4-3-5-12(13)10-22-15(24)7-8-16(22)25;/h3-6,11,17H,7-10,19H2,1-2H3,(H,20,26)(H,21,23);1H/t17-;/m0./s1. The van der Waals surface area contributed by atoms with Crippen LogP contribution in [0.15, 0.2) is 24.3 Å². The van der Waals surface area contributed by atoms with Crippen LogP contribution in [0.25, 0.3) is 0 Å². The zero-order valence-electron chi connectivity index (χ0n) is 15.4. The number of likely N-dealkylation sites (tertiary alicyclic amines) is 1. The number of benzene rings is 1. The van der Waals surface area contributed by atoms with Gasteiger partial charge in [-0.15, -0.1) is 12.4 Å². The molecule has 0 radical (unpaired) electrons. The third-order valence-electron chi connectivity index (χ3n) is 4.22. The first kappa shape index (κ1) is 22.6. The molecule has 1 fully saturated rings. The number of amides is 4. The summed E-state index contributed by atoms with van der Waals surface area (Å²) in [5.41, 5.74) is 6.87. The van der Waals surface area contributed by atoms with Crippen molar-refractivity contribution in [1.82, 2.24) is 10.2 Å². The predicted molar refractivity (Wildman–Crippen MR) is 103 cm³/mol. The quantitative estimate of drug-likeness (QED) is 0.588. The van der Waals surface area contributed by atoms with Crippen molar-refractivity contribution in [3.05, 3.63) is 29.8 Å². The highest BCUT2D eigenvalue weighted by Crippen LogP contribution is 2.21. The Morgan fingerprint density at radius 1 is 1.15 bits per heavy atom. The fourth-order valence-electron chi connectivity index (χ4n) is 2.53. The molecule has 0 unspecified atom stereocenters. The van der Waals surface area contributed by atoms with E-state index in [0.29, 0.717) is 11.3 Å². The summed E-state index contributed by atoms with van der Waals surface area (Å²) in [5, 5.41) is 5.19. The number of hydrogen-bond acceptors (Lipinski definition) is 5. The molecule has 4 amide bonds. The third kappa shape index (κ3) is 6.04. The van der Waals surface area contributed by atoms with E-state index in [1.807, 2.05) is 13.8 Å². The van der Waals surface area contributed by atoms with Crippen LogP contribution in [0.5, 0.6) is 0 Å². The summed E-state index contributed by atoms with van der Waals surface area (Å²) in [6.07, 6.45) is 0.436. The number of imide groups is 1. The second-order valence-corrected chi connectivity index (χ2v) is 6.57. The second-order valence-electron chi connectivity index (χ2n) is 6.57. The fourth-order valence-corrected chi connectivity index (χ4v) is 2.53. The summed E-state index contributed by atoms with van der Waals surface area (Å²) in [6.45, 7) is 3.54. The van der Waals surface area contributed by atoms with Crippen LogP contribution in [0.4, 0.5) is 5.69 Å². The molecule has 1 aliphatic heterocycles. The Hall–Kier alpha value is -2.45. The molecule has 1 aromatic carbocycles. The van der Waals surface area contributed by atoms with E-state index in [1.165, 1.54) is 4.90 Å². The highest BCUT2D eigenvalue weighted by molar-refractivity contribution is 6.02. The Morgan fingerprint density at radius 2 is 1.74 bits per heavy atom. The number of rotatable bonds is 7. The molecule has 8 nitrogen and oxygen atoms in total. The number of nitrogens with one attached hydrogen (secondary N) is 2. The molecule has 1 aliphatic rings. The molecule has 0 bridgehead atoms. The SMILES string of the molecule is CC(C)[C@H](N)C(=O)NCC(=O)Nc1ccccc1CN1C(=O)CCC1=O.Cl. The summed E-state index contributed by atoms with van der Waals surface area (Å²) in [5.74, 6) is -1.27. The second kappa shape index (κ2) is 10.0. The lowest BCUT2D eigenvalue weighted by Gasteiger charge is -2.18. The Labute approximate surface area is 164 Å². The molecule has 148 valence electrons. The van der Waals surface area contributed by atoms with Crippen LogP contribution in [0.1, 0.15) is 32.3 Å². The zero-order chi connectivity index (χ0) is 19.3. The maximum absolute atomic E-state index is 12.1. The van der Waals surface area contributed by atoms with Gasteiger partial charge in [-0.3, -0.25) is 24.1 Å². The maximum Gasteiger partial charge on any atom is 0.243 e. The molecule has 0 saturated carbocycles. The molecule has 1 aromatic rings. The number of carbonyl (C=O) groups excluding carboxylic acids is 4. The molecule has 2 rings (SSSR count). The van der Waals surface area contributed by atoms with Crippen LogP contribution in [0.3, 0.4) is 0 Å². The molecular formula is C18H25ClN4O4. The first-order valence-corrected chi connectivity index (χ1v) is 8.54. The van der Waals surface area contributed by atoms with Gasteiger partial charge in [0.2, 0.25) is 23.6 Å². The van der Waals surface area contributed by atoms with Crippen molar-refractivity contribution in [2.45, 2.75) is 39.3 Å². The predicted octanol–water partition coefficient (Wildman–Crippen LogP) is 0.795. The number of anilines is 1. The van der Waals surface area contributed by atoms with Gasteiger partial charge in [0.15, 0.2) is 0 Å². The summed E-state index contributed by atoms with van der Waals surface area (Å²) >= 11 is 0. The summed E-state index contributed by atoms with van der Waals surface area (Å²) in [6, 6.07) is 6.24. The van der Waals surface area contributed by atoms with Crippen molar-refractivity contribution < 1.29 is 19.2 Å². The van der Waals surface area contributed by atoms with Gasteiger partial charge in [-0.2, -0.15) is 0 Å². The van der Waals surface area contributed by atoms with E-state index in [-0.39, 0.29) is 56.1 Å². The van der Waals surface area contributed by atoms with E-state index < -0.39 is 17.9 Å². The number of para-hydroxylation sites is 1. The fraction of sp³-hybridized carbons (Fsp3) is 0.444. The Kier molecular flexibility index (Phi) is 8.39. The lowest BCUT2D eigenvalue weighted by molar-refractivity contribution is -0.139. The molecule has 0 aliphatic carbocycles. The van der Waals surface area contributed by atoms with Crippen molar-refractivity contribution in [1.29, 1.82) is 0 Å². The van der Waals surface area contributed by atoms with Crippen LogP contribution in [-0.2, 0) is 25.7 Å². The van der Waals surface area contributed by atoms with Crippen LogP contribution in [0, 0.1) is 5.92 Å². The zero-order valence-corrected chi connectivity index (χ0v) is 16.2. The number of nitrogens with two attached hydrogens (primary N) is 1. The molecule has 1 heterocycles. The first-order valence-electron chi connectivity index (χ1n) is 8.54. The molecule has 4 N–H and O–H groups in total. The van der Waals surface area contributed by atoms with Crippen LogP contribution >= 0.6 is 12.4 Å². The van der Waals surface area contributed by atoms with Crippen molar-refractivity contribution in [2.24, 2.45) is 11.7 Å². The van der Waals surface area contributed by atoms with Crippen molar-refractivity contribution in [3.8, 4) is 0 Å². The van der Waals surface area contributed by atoms with E-state index in [1.54, 1.807) is 24.3 Å². The molecule has 0 aromatic heterocycles. The van der Waals surface area contributed by atoms with Crippen LogP contribution in [0.2, 0.25) is 0 Å². The highest BCUT2D eigenvalue weighted by Gasteiger charge is 2.29. The summed E-state index contributed by atoms with van der Waals surface area (Å²) in [4.78, 5) is 48.7. The largest absolute Gasteiger partial charge is 0.346 e. The van der Waals surface area contributed by atoms with Gasteiger partial charge in [0.1, 0.15) is 0 Å². The van der Waals surface area contributed by atoms with Gasteiger partial charge in [-0.1, -0.05) is 32.0 Å². The first-order chi connectivity index (χ1) is 12.3. The molecular weight excluding hydrogens is 372 g/mol. The van der Waals surface area contributed by atoms with Crippen LogP contribution in [-0.4, -0.2) is 41.1 Å². The lowest BCUT2D eigenvalue weighted by Crippen LogP contribution is -2.46. The summed E-state index contributed by atoms with van der Waals surface area (Å²) < 4.78 is 0. The van der Waals surface area contributed by atoms with Crippen molar-refractivity contribution in [2.75, 3.05) is 11.9 Å². The topological polar surface area (TPSA) is 122 Å². The molecule has 9 heteroatoms. The van der Waals surface area contributed by atoms with E-state index in [4.69, 9.17) is 5.73 Å². The van der Waals surface area contributed by atoms with Gasteiger partial charge in [-0.25, -0.2) is 0 Å². The van der Waals surface area contributed by atoms with E-state index in [9.17, 15) is 19.2 Å². The molecule has 1 saturated heterocycles. The van der Waals surface area contributed by atoms with Gasteiger partial charge in [-0.05, 0) is 17.5 Å². The lowest BCUT2D eigenvalue weighted by atomic mass is 10.1. The molecule has 27 heavy (non-hydrogen) atoms. The summed E-state index contributed by atoms with van der Waals surface area (Å²) in [7, 11) is 0. The number of carbonyl (C=O) groups is 4. The average molecular weight is 397 g/mol. The van der Waals surface area contributed by atoms with E-state index in [0.717, 1.165) is 0 Å². The smallest absolute Gasteiger partial charge is 0.243 e. The minimum Gasteiger partial charge on any atom is -0.346 e. The van der Waals surface area contributed by atoms with Gasteiger partial charge < -0.3 is 16.4 Å². The number of nitrogens with zero attached hydrogens (tertiary/aromatic N) is 1. The molecule has 0 spiro atoms. The van der Waals surface area contributed by atoms with Gasteiger partial charge >= 0.3 is 0 Å². The Bertz CT molecular complexity index is 707. The number of hydrogen-bond donors (Lipinski definition) is 3. The maximum atomic E-state index is 12.1. The van der Waals surface area contributed by atoms with Gasteiger partial charge in [0.25, 0.3) is 0 Å². The minimum absolute atomic E-state index is 0. The monoisotopic (exact) mass is 396 g/mol. The van der Waals surface area contributed by atoms with E-state index in [2.05, 4.69) is 10.6 Å². The van der Waals surface area contributed by atoms with Crippen LogP contribution < -0.4 is 16.4 Å². The van der Waals surface area contributed by atoms with Crippen molar-refractivity contribution >= 4 is 41.7 Å². The molecule has 1 atom stereocenters. The highest BCUT2D eigenvalue weighted by atomic mass is 35.5. The van der Waals surface area contributed by atoms with Gasteiger partial charge in [0.05, 0.1) is 19.1 Å². The Morgan fingerprint density at radius 3 is 2.33 bits per heavy atom. The number of halogens is 1. The Balaban J connectivity index is 0.00000364.